The van der Waals surface area contributed by atoms with Crippen molar-refractivity contribution in [3.8, 4) is 0 Å². The van der Waals surface area contributed by atoms with Crippen LogP contribution in [0, 0.1) is 0 Å². The Balaban J connectivity index is 1.96. The lowest BCUT2D eigenvalue weighted by Gasteiger charge is -2.47. The summed E-state index contributed by atoms with van der Waals surface area (Å²) in [6.07, 6.45) is -7.14. The Morgan fingerprint density at radius 2 is 1.43 bits per heavy atom. The molecule has 7 nitrogen and oxygen atoms in total. The molecule has 3 atom stereocenters. The minimum absolute atomic E-state index is 0.00983. The number of hydrazine groups is 1. The normalized spacial score (nSPS) is 17.2. The molecule has 0 radical (unpaired) electrons. The summed E-state index contributed by atoms with van der Waals surface area (Å²) in [6, 6.07) is 21.4. The highest BCUT2D eigenvalue weighted by Crippen LogP contribution is 2.38. The van der Waals surface area contributed by atoms with Gasteiger partial charge in [-0.2, -0.15) is 13.2 Å². The first-order chi connectivity index (χ1) is 19.0. The highest BCUT2D eigenvalue weighted by atomic mass is 19.4. The first kappa shape index (κ1) is 28.6. The number of aliphatic hydroxyl groups is 1. The maximum atomic E-state index is 14.3. The zero-order valence-corrected chi connectivity index (χ0v) is 21.8. The number of amides is 3. The van der Waals surface area contributed by atoms with Crippen LogP contribution in [-0.2, 0) is 20.8 Å². The second-order valence-electron chi connectivity index (χ2n) is 9.38. The van der Waals surface area contributed by atoms with Crippen LogP contribution in [-0.4, -0.2) is 56.1 Å². The standard InChI is InChI=1S/C30H28F3N3O4/c1-20(37)34-19-26(23-14-8-4-9-15-23)36(29(40)27(34)24-16-10-5-11-17-24)35(21(2)38)25(28(39)30(31,32)33)18-22-12-6-3-7-13-22/h3-17,19,25,27-28,39H,18H2,1-2H3. The van der Waals surface area contributed by atoms with Gasteiger partial charge in [-0.1, -0.05) is 91.0 Å². The van der Waals surface area contributed by atoms with Gasteiger partial charge in [0.25, 0.3) is 5.91 Å². The Bertz CT molecular complexity index is 1380. The molecule has 3 unspecified atom stereocenters. The first-order valence-electron chi connectivity index (χ1n) is 12.5. The van der Waals surface area contributed by atoms with Crippen LogP contribution >= 0.6 is 0 Å². The van der Waals surface area contributed by atoms with Gasteiger partial charge in [0.1, 0.15) is 6.04 Å². The number of rotatable bonds is 7. The maximum absolute atomic E-state index is 14.3. The number of hydrogen-bond acceptors (Lipinski definition) is 4. The molecule has 0 aromatic heterocycles. The summed E-state index contributed by atoms with van der Waals surface area (Å²) in [5.74, 6) is -2.21. The van der Waals surface area contributed by atoms with Gasteiger partial charge in [0, 0.05) is 25.6 Å². The van der Waals surface area contributed by atoms with Crippen molar-refractivity contribution in [3.63, 3.8) is 0 Å². The number of alkyl halides is 3. The summed E-state index contributed by atoms with van der Waals surface area (Å²) in [6.45, 7) is 2.30. The Labute approximate surface area is 229 Å². The van der Waals surface area contributed by atoms with Gasteiger partial charge < -0.3 is 10.0 Å². The number of aliphatic hydroxyl groups excluding tert-OH is 1. The van der Waals surface area contributed by atoms with Gasteiger partial charge >= 0.3 is 6.18 Å². The molecule has 3 amide bonds. The lowest BCUT2D eigenvalue weighted by Crippen LogP contribution is -2.62. The summed E-state index contributed by atoms with van der Waals surface area (Å²) < 4.78 is 42.2. The molecule has 0 aliphatic carbocycles. The number of hydrogen-bond donors (Lipinski definition) is 1. The van der Waals surface area contributed by atoms with Crippen LogP contribution in [0.4, 0.5) is 13.2 Å². The molecule has 3 aromatic carbocycles. The smallest absolute Gasteiger partial charge is 0.382 e. The summed E-state index contributed by atoms with van der Waals surface area (Å²) in [5.41, 5.74) is 1.20. The number of nitrogens with zero attached hydrogens (tertiary/aromatic N) is 3. The molecule has 4 rings (SSSR count). The molecule has 1 N–H and O–H groups in total. The minimum Gasteiger partial charge on any atom is -0.382 e. The van der Waals surface area contributed by atoms with E-state index in [1.54, 1.807) is 91.0 Å². The van der Waals surface area contributed by atoms with E-state index in [-0.39, 0.29) is 5.70 Å². The highest BCUT2D eigenvalue weighted by Gasteiger charge is 2.51. The third-order valence-electron chi connectivity index (χ3n) is 6.60. The molecule has 0 bridgehead atoms. The average molecular weight is 552 g/mol. The quantitative estimate of drug-likeness (QED) is 0.461. The van der Waals surface area contributed by atoms with Crippen LogP contribution < -0.4 is 0 Å². The third kappa shape index (κ3) is 5.91. The summed E-state index contributed by atoms with van der Waals surface area (Å²) in [5, 5.41) is 12.1. The van der Waals surface area contributed by atoms with Crippen molar-refractivity contribution in [2.45, 2.75) is 44.6 Å². The molecule has 208 valence electrons. The minimum atomic E-state index is -5.10. The fourth-order valence-electron chi connectivity index (χ4n) is 4.78. The van der Waals surface area contributed by atoms with Crippen molar-refractivity contribution < 1.29 is 32.7 Å². The van der Waals surface area contributed by atoms with Crippen LogP contribution in [0.2, 0.25) is 0 Å². The molecule has 1 aliphatic heterocycles. The van der Waals surface area contributed by atoms with E-state index >= 15 is 0 Å². The Morgan fingerprint density at radius 3 is 1.93 bits per heavy atom. The monoisotopic (exact) mass is 551 g/mol. The van der Waals surface area contributed by atoms with Gasteiger partial charge in [-0.15, -0.1) is 0 Å². The van der Waals surface area contributed by atoms with Gasteiger partial charge in [-0.25, -0.2) is 10.0 Å². The van der Waals surface area contributed by atoms with Gasteiger partial charge in [0.15, 0.2) is 6.10 Å². The summed E-state index contributed by atoms with van der Waals surface area (Å²) >= 11 is 0. The van der Waals surface area contributed by atoms with Crippen molar-refractivity contribution in [2.24, 2.45) is 0 Å². The van der Waals surface area contributed by atoms with Crippen molar-refractivity contribution in [2.75, 3.05) is 0 Å². The molecule has 40 heavy (non-hydrogen) atoms. The van der Waals surface area contributed by atoms with E-state index < -0.39 is 48.5 Å². The Kier molecular flexibility index (Phi) is 8.39. The summed E-state index contributed by atoms with van der Waals surface area (Å²) in [7, 11) is 0. The molecule has 1 heterocycles. The van der Waals surface area contributed by atoms with E-state index in [0.717, 1.165) is 11.9 Å². The van der Waals surface area contributed by atoms with E-state index in [1.165, 1.54) is 18.0 Å². The SMILES string of the molecule is CC(=O)N1C=C(c2ccccc2)N(N(C(C)=O)C(Cc2ccccc2)C(O)C(F)(F)F)C(=O)C1c1ccccc1. The molecule has 0 saturated heterocycles. The second-order valence-corrected chi connectivity index (χ2v) is 9.38. The zero-order chi connectivity index (χ0) is 29.0. The predicted octanol–water partition coefficient (Wildman–Crippen LogP) is 4.72. The third-order valence-corrected chi connectivity index (χ3v) is 6.60. The predicted molar refractivity (Wildman–Crippen MR) is 141 cm³/mol. The van der Waals surface area contributed by atoms with Gasteiger partial charge in [0.2, 0.25) is 11.8 Å². The highest BCUT2D eigenvalue weighted by molar-refractivity contribution is 5.98. The van der Waals surface area contributed by atoms with Gasteiger partial charge in [-0.05, 0) is 17.5 Å². The van der Waals surface area contributed by atoms with Crippen molar-refractivity contribution in [1.29, 1.82) is 0 Å². The van der Waals surface area contributed by atoms with E-state index in [0.29, 0.717) is 21.7 Å². The topological polar surface area (TPSA) is 81.2 Å². The molecule has 10 heteroatoms. The molecule has 0 saturated carbocycles. The molecular weight excluding hydrogens is 523 g/mol. The Morgan fingerprint density at radius 1 is 0.900 bits per heavy atom. The first-order valence-corrected chi connectivity index (χ1v) is 12.5. The summed E-state index contributed by atoms with van der Waals surface area (Å²) in [4.78, 5) is 41.5. The second kappa shape index (κ2) is 11.7. The number of halogens is 3. The van der Waals surface area contributed by atoms with Crippen LogP contribution in [0.15, 0.2) is 97.2 Å². The van der Waals surface area contributed by atoms with Crippen LogP contribution in [0.25, 0.3) is 5.70 Å². The van der Waals surface area contributed by atoms with Crippen molar-refractivity contribution in [1.82, 2.24) is 14.9 Å². The zero-order valence-electron chi connectivity index (χ0n) is 21.8. The number of carbonyl (C=O) groups is 3. The van der Waals surface area contributed by atoms with Crippen molar-refractivity contribution in [3.05, 3.63) is 114 Å². The molecule has 3 aromatic rings. The fraction of sp³-hybridized carbons (Fsp3) is 0.233. The van der Waals surface area contributed by atoms with Crippen molar-refractivity contribution >= 4 is 23.4 Å². The number of benzene rings is 3. The van der Waals surface area contributed by atoms with E-state index in [9.17, 15) is 32.7 Å². The van der Waals surface area contributed by atoms with Crippen LogP contribution in [0.3, 0.4) is 0 Å². The van der Waals surface area contributed by atoms with E-state index in [2.05, 4.69) is 0 Å². The number of carbonyl (C=O) groups excluding carboxylic acids is 3. The molecule has 1 aliphatic rings. The lowest BCUT2D eigenvalue weighted by atomic mass is 9.98. The van der Waals surface area contributed by atoms with E-state index in [4.69, 9.17) is 0 Å². The van der Waals surface area contributed by atoms with Crippen LogP contribution in [0.5, 0.6) is 0 Å². The molecule has 0 spiro atoms. The van der Waals surface area contributed by atoms with Crippen LogP contribution in [0.1, 0.15) is 36.6 Å². The largest absolute Gasteiger partial charge is 0.416 e. The van der Waals surface area contributed by atoms with Gasteiger partial charge in [-0.3, -0.25) is 14.4 Å². The van der Waals surface area contributed by atoms with E-state index in [1.807, 2.05) is 0 Å². The molecule has 0 fully saturated rings. The molecular formula is C30H28F3N3O4. The average Bonchev–Trinajstić information content (AvgIpc) is 2.93. The van der Waals surface area contributed by atoms with Gasteiger partial charge in [0.05, 0.1) is 11.7 Å². The lowest BCUT2D eigenvalue weighted by molar-refractivity contribution is -0.232. The Hall–Kier alpha value is -4.44. The maximum Gasteiger partial charge on any atom is 0.416 e. The fourth-order valence-corrected chi connectivity index (χ4v) is 4.78.